The molecule has 3 aromatic carbocycles. The number of aryl methyl sites for hydroxylation is 2. The predicted octanol–water partition coefficient (Wildman–Crippen LogP) is 5.77. The van der Waals surface area contributed by atoms with Crippen molar-refractivity contribution >= 4 is 35.0 Å². The van der Waals surface area contributed by atoms with Crippen LogP contribution in [0.2, 0.25) is 0 Å². The molecule has 1 saturated heterocycles. The van der Waals surface area contributed by atoms with E-state index in [1.54, 1.807) is 30.3 Å². The van der Waals surface area contributed by atoms with Gasteiger partial charge in [-0.3, -0.25) is 14.5 Å². The van der Waals surface area contributed by atoms with E-state index in [1.807, 2.05) is 63.2 Å². The number of benzene rings is 3. The maximum absolute atomic E-state index is 13.6. The lowest BCUT2D eigenvalue weighted by Crippen LogP contribution is -2.30. The minimum absolute atomic E-state index is 0.102. The van der Waals surface area contributed by atoms with Gasteiger partial charge in [-0.15, -0.1) is 0 Å². The lowest BCUT2D eigenvalue weighted by molar-refractivity contribution is -0.117. The van der Waals surface area contributed by atoms with Crippen LogP contribution < -0.4 is 15.0 Å². The van der Waals surface area contributed by atoms with Gasteiger partial charge >= 0.3 is 0 Å². The van der Waals surface area contributed by atoms with Gasteiger partial charge in [-0.1, -0.05) is 53.7 Å². The Morgan fingerprint density at radius 2 is 1.78 bits per heavy atom. The number of amides is 2. The average molecular weight is 498 g/mol. The summed E-state index contributed by atoms with van der Waals surface area (Å²) in [6.07, 6.45) is 0.485. The number of carbonyl (C=O) groups is 2. The van der Waals surface area contributed by atoms with Crippen LogP contribution in [0.25, 0.3) is 0 Å². The van der Waals surface area contributed by atoms with Gasteiger partial charge in [-0.2, -0.15) is 5.26 Å². The van der Waals surface area contributed by atoms with Crippen LogP contribution in [0.4, 0.5) is 11.4 Å². The van der Waals surface area contributed by atoms with E-state index in [9.17, 15) is 14.9 Å². The Hall–Kier alpha value is -4.02. The third-order valence-electron chi connectivity index (χ3n) is 5.73. The van der Waals surface area contributed by atoms with Gasteiger partial charge in [0.05, 0.1) is 11.9 Å². The molecular formula is C29H27N3O3S. The van der Waals surface area contributed by atoms with Crippen LogP contribution in [0, 0.1) is 25.2 Å². The normalized spacial score (nSPS) is 16.4. The second-order valence-corrected chi connectivity index (χ2v) is 9.70. The first-order valence-corrected chi connectivity index (χ1v) is 12.6. The fraction of sp³-hybridized carbons (Fsp3) is 0.207. The molecule has 3 aromatic rings. The van der Waals surface area contributed by atoms with Crippen molar-refractivity contribution < 1.29 is 14.3 Å². The molecule has 7 heteroatoms. The second kappa shape index (κ2) is 11.1. The molecule has 6 nitrogen and oxygen atoms in total. The molecule has 0 spiro atoms. The van der Waals surface area contributed by atoms with Gasteiger partial charge in [0.2, 0.25) is 5.91 Å². The SMILES string of the molecule is CCOc1ccc(N2C(=O)C(Cc3ccc(C)cc3)S/C2=C(/C#N)C(=O)Nc2cccc(C)c2)cc1. The zero-order valence-electron chi connectivity index (χ0n) is 20.4. The van der Waals surface area contributed by atoms with Crippen LogP contribution in [-0.2, 0) is 16.0 Å². The first-order valence-electron chi connectivity index (χ1n) is 11.7. The first-order chi connectivity index (χ1) is 17.4. The van der Waals surface area contributed by atoms with Crippen LogP contribution in [0.3, 0.4) is 0 Å². The molecule has 4 rings (SSSR count). The summed E-state index contributed by atoms with van der Waals surface area (Å²) in [5.74, 6) is -0.0406. The van der Waals surface area contributed by atoms with Gasteiger partial charge in [0.15, 0.2) is 0 Å². The molecule has 182 valence electrons. The monoisotopic (exact) mass is 497 g/mol. The zero-order chi connectivity index (χ0) is 25.7. The Balaban J connectivity index is 1.71. The molecular weight excluding hydrogens is 470 g/mol. The van der Waals surface area contributed by atoms with Crippen molar-refractivity contribution in [3.05, 3.63) is 100 Å². The number of nitrogens with one attached hydrogen (secondary N) is 1. The largest absolute Gasteiger partial charge is 0.494 e. The summed E-state index contributed by atoms with van der Waals surface area (Å²) in [4.78, 5) is 28.3. The molecule has 2 amide bonds. The maximum atomic E-state index is 13.6. The van der Waals surface area contributed by atoms with Crippen LogP contribution in [0.15, 0.2) is 83.4 Å². The molecule has 1 fully saturated rings. The summed E-state index contributed by atoms with van der Waals surface area (Å²) in [5.41, 5.74) is 4.20. The van der Waals surface area contributed by atoms with Crippen molar-refractivity contribution in [3.8, 4) is 11.8 Å². The van der Waals surface area contributed by atoms with E-state index < -0.39 is 11.2 Å². The quantitative estimate of drug-likeness (QED) is 0.331. The molecule has 1 unspecified atom stereocenters. The fourth-order valence-corrected chi connectivity index (χ4v) is 5.24. The van der Waals surface area contributed by atoms with Crippen molar-refractivity contribution in [1.82, 2.24) is 0 Å². The summed E-state index contributed by atoms with van der Waals surface area (Å²) < 4.78 is 5.53. The van der Waals surface area contributed by atoms with E-state index >= 15 is 0 Å². The van der Waals surface area contributed by atoms with Crippen molar-refractivity contribution in [3.63, 3.8) is 0 Å². The molecule has 1 aliphatic heterocycles. The number of carbonyl (C=O) groups excluding carboxylic acids is 2. The van der Waals surface area contributed by atoms with Gasteiger partial charge in [-0.25, -0.2) is 0 Å². The summed E-state index contributed by atoms with van der Waals surface area (Å²) in [6.45, 7) is 6.37. The minimum Gasteiger partial charge on any atom is -0.494 e. The number of thioether (sulfide) groups is 1. The lowest BCUT2D eigenvalue weighted by Gasteiger charge is -2.19. The van der Waals surface area contributed by atoms with Gasteiger partial charge in [-0.05, 0) is 74.7 Å². The van der Waals surface area contributed by atoms with Crippen LogP contribution in [-0.4, -0.2) is 23.7 Å². The van der Waals surface area contributed by atoms with Crippen LogP contribution in [0.5, 0.6) is 5.75 Å². The third kappa shape index (κ3) is 5.61. The molecule has 1 heterocycles. The van der Waals surface area contributed by atoms with E-state index in [0.29, 0.717) is 35.2 Å². The summed E-state index contributed by atoms with van der Waals surface area (Å²) in [6, 6.07) is 24.5. The Morgan fingerprint density at radius 1 is 1.06 bits per heavy atom. The Kier molecular flexibility index (Phi) is 7.77. The summed E-state index contributed by atoms with van der Waals surface area (Å²) in [7, 11) is 0. The van der Waals surface area contributed by atoms with Gasteiger partial charge in [0, 0.05) is 11.4 Å². The molecule has 1 N–H and O–H groups in total. The van der Waals surface area contributed by atoms with Crippen molar-refractivity contribution in [2.24, 2.45) is 0 Å². The second-order valence-electron chi connectivity index (χ2n) is 8.51. The molecule has 1 atom stereocenters. The molecule has 0 bridgehead atoms. The molecule has 0 aliphatic carbocycles. The van der Waals surface area contributed by atoms with Gasteiger partial charge in [0.25, 0.3) is 5.91 Å². The highest BCUT2D eigenvalue weighted by atomic mass is 32.2. The van der Waals surface area contributed by atoms with Crippen molar-refractivity contribution in [2.45, 2.75) is 32.4 Å². The minimum atomic E-state index is -0.551. The van der Waals surface area contributed by atoms with E-state index in [2.05, 4.69) is 11.4 Å². The molecule has 0 aromatic heterocycles. The number of hydrogen-bond donors (Lipinski definition) is 1. The Bertz CT molecular complexity index is 1340. The molecule has 36 heavy (non-hydrogen) atoms. The summed E-state index contributed by atoms with van der Waals surface area (Å²) >= 11 is 1.25. The highest BCUT2D eigenvalue weighted by Gasteiger charge is 2.40. The topological polar surface area (TPSA) is 82.4 Å². The highest BCUT2D eigenvalue weighted by Crippen LogP contribution is 2.42. The highest BCUT2D eigenvalue weighted by molar-refractivity contribution is 8.05. The van der Waals surface area contributed by atoms with Crippen LogP contribution in [0.1, 0.15) is 23.6 Å². The first kappa shape index (κ1) is 25.1. The van der Waals surface area contributed by atoms with E-state index in [1.165, 1.54) is 16.7 Å². The van der Waals surface area contributed by atoms with Crippen molar-refractivity contribution in [2.75, 3.05) is 16.8 Å². The Labute approximate surface area is 215 Å². The number of nitriles is 1. The maximum Gasteiger partial charge on any atom is 0.269 e. The number of rotatable bonds is 7. The molecule has 1 aliphatic rings. The van der Waals surface area contributed by atoms with Crippen LogP contribution >= 0.6 is 11.8 Å². The number of nitrogens with zero attached hydrogens (tertiary/aromatic N) is 2. The average Bonchev–Trinajstić information content (AvgIpc) is 3.17. The lowest BCUT2D eigenvalue weighted by atomic mass is 10.1. The molecule has 0 radical (unpaired) electrons. The fourth-order valence-electron chi connectivity index (χ4n) is 3.93. The Morgan fingerprint density at radius 3 is 2.42 bits per heavy atom. The van der Waals surface area contributed by atoms with Gasteiger partial charge < -0.3 is 10.1 Å². The van der Waals surface area contributed by atoms with E-state index in [0.717, 1.165) is 16.7 Å². The number of ether oxygens (including phenoxy) is 1. The van der Waals surface area contributed by atoms with Crippen molar-refractivity contribution in [1.29, 1.82) is 5.26 Å². The number of hydrogen-bond acceptors (Lipinski definition) is 5. The van der Waals surface area contributed by atoms with Gasteiger partial charge in [0.1, 0.15) is 22.4 Å². The zero-order valence-corrected chi connectivity index (χ0v) is 21.3. The van der Waals surface area contributed by atoms with E-state index in [-0.39, 0.29) is 11.5 Å². The smallest absolute Gasteiger partial charge is 0.269 e. The molecule has 0 saturated carbocycles. The summed E-state index contributed by atoms with van der Waals surface area (Å²) in [5, 5.41) is 12.7. The predicted molar refractivity (Wildman–Crippen MR) is 144 cm³/mol. The number of anilines is 2. The standard InChI is InChI=1S/C29H27N3O3S/c1-4-35-24-14-12-23(13-15-24)32-28(34)26(17-21-10-8-19(2)9-11-21)36-29(32)25(18-30)27(33)31-22-7-5-6-20(3)16-22/h5-16,26H,4,17H2,1-3H3,(H,31,33)/b29-25-. The van der Waals surface area contributed by atoms with E-state index in [4.69, 9.17) is 4.74 Å². The third-order valence-corrected chi connectivity index (χ3v) is 6.99.